The molecule has 2 saturated carbocycles. The van der Waals surface area contributed by atoms with E-state index in [0.29, 0.717) is 22.9 Å². The molecule has 1 aromatic rings. The standard InChI is InChI=1S/C15H21N3O/c16-12-3-4-13(14(17)7-12)15(19)18-8-11-6-9-1-2-10(11)5-9/h3-4,7,9-11H,1-2,5-6,8,16-17H2,(H,18,19). The monoisotopic (exact) mass is 259 g/mol. The summed E-state index contributed by atoms with van der Waals surface area (Å²) in [7, 11) is 0. The van der Waals surface area contributed by atoms with Gasteiger partial charge in [-0.25, -0.2) is 0 Å². The van der Waals surface area contributed by atoms with Crippen molar-refractivity contribution in [3.8, 4) is 0 Å². The summed E-state index contributed by atoms with van der Waals surface area (Å²) in [6.45, 7) is 0.782. The van der Waals surface area contributed by atoms with E-state index in [2.05, 4.69) is 5.32 Å². The van der Waals surface area contributed by atoms with Gasteiger partial charge in [0.25, 0.3) is 5.91 Å². The maximum atomic E-state index is 12.1. The molecular formula is C15H21N3O. The van der Waals surface area contributed by atoms with Crippen LogP contribution < -0.4 is 16.8 Å². The molecule has 3 atom stereocenters. The Morgan fingerprint density at radius 3 is 2.74 bits per heavy atom. The summed E-state index contributed by atoms with van der Waals surface area (Å²) in [5.41, 5.74) is 13.0. The van der Waals surface area contributed by atoms with E-state index in [4.69, 9.17) is 11.5 Å². The van der Waals surface area contributed by atoms with E-state index in [-0.39, 0.29) is 5.91 Å². The van der Waals surface area contributed by atoms with Crippen molar-refractivity contribution in [2.45, 2.75) is 25.7 Å². The molecule has 0 heterocycles. The molecule has 5 N–H and O–H groups in total. The van der Waals surface area contributed by atoms with Gasteiger partial charge in [0.15, 0.2) is 0 Å². The number of hydrogen-bond donors (Lipinski definition) is 3. The lowest BCUT2D eigenvalue weighted by Crippen LogP contribution is -2.32. The lowest BCUT2D eigenvalue weighted by molar-refractivity contribution is 0.0942. The van der Waals surface area contributed by atoms with Crippen LogP contribution in [0, 0.1) is 17.8 Å². The van der Waals surface area contributed by atoms with Gasteiger partial charge in [-0.1, -0.05) is 6.42 Å². The van der Waals surface area contributed by atoms with E-state index >= 15 is 0 Å². The third-order valence-electron chi connectivity index (χ3n) is 4.73. The fourth-order valence-electron chi connectivity index (χ4n) is 3.73. The zero-order valence-electron chi connectivity index (χ0n) is 11.1. The highest BCUT2D eigenvalue weighted by molar-refractivity contribution is 5.99. The number of benzene rings is 1. The Balaban J connectivity index is 1.59. The Labute approximate surface area is 113 Å². The van der Waals surface area contributed by atoms with Crippen molar-refractivity contribution in [2.24, 2.45) is 17.8 Å². The first-order valence-corrected chi connectivity index (χ1v) is 7.06. The van der Waals surface area contributed by atoms with Crippen molar-refractivity contribution in [3.63, 3.8) is 0 Å². The van der Waals surface area contributed by atoms with Crippen molar-refractivity contribution in [2.75, 3.05) is 18.0 Å². The summed E-state index contributed by atoms with van der Waals surface area (Å²) in [5, 5.41) is 3.03. The molecule has 0 saturated heterocycles. The summed E-state index contributed by atoms with van der Waals surface area (Å²) in [4.78, 5) is 12.1. The van der Waals surface area contributed by atoms with E-state index in [1.807, 2.05) is 0 Å². The molecule has 3 rings (SSSR count). The highest BCUT2D eigenvalue weighted by Crippen LogP contribution is 2.47. The minimum atomic E-state index is -0.0831. The first-order chi connectivity index (χ1) is 9.13. The van der Waals surface area contributed by atoms with Gasteiger partial charge in [0, 0.05) is 17.9 Å². The second kappa shape index (κ2) is 4.76. The van der Waals surface area contributed by atoms with E-state index in [9.17, 15) is 4.79 Å². The highest BCUT2D eigenvalue weighted by Gasteiger charge is 2.39. The van der Waals surface area contributed by atoms with Crippen LogP contribution in [0.3, 0.4) is 0 Å². The van der Waals surface area contributed by atoms with Crippen molar-refractivity contribution in [1.82, 2.24) is 5.32 Å². The van der Waals surface area contributed by atoms with Crippen LogP contribution in [0.2, 0.25) is 0 Å². The number of nitrogens with two attached hydrogens (primary N) is 2. The number of carbonyl (C=O) groups excluding carboxylic acids is 1. The Hall–Kier alpha value is -1.71. The van der Waals surface area contributed by atoms with Crippen molar-refractivity contribution in [3.05, 3.63) is 23.8 Å². The molecule has 2 bridgehead atoms. The number of fused-ring (bicyclic) bond motifs is 2. The quantitative estimate of drug-likeness (QED) is 0.726. The fourth-order valence-corrected chi connectivity index (χ4v) is 3.73. The van der Waals surface area contributed by atoms with Gasteiger partial charge in [0.1, 0.15) is 0 Å². The first kappa shape index (κ1) is 12.3. The largest absolute Gasteiger partial charge is 0.399 e. The van der Waals surface area contributed by atoms with Crippen molar-refractivity contribution >= 4 is 17.3 Å². The molecule has 0 aromatic heterocycles. The number of nitrogen functional groups attached to an aromatic ring is 2. The third-order valence-corrected chi connectivity index (χ3v) is 4.73. The minimum Gasteiger partial charge on any atom is -0.399 e. The predicted octanol–water partition coefficient (Wildman–Crippen LogP) is 2.02. The van der Waals surface area contributed by atoms with E-state index in [1.165, 1.54) is 25.7 Å². The lowest BCUT2D eigenvalue weighted by atomic mass is 9.89. The van der Waals surface area contributed by atoms with Crippen LogP contribution in [-0.4, -0.2) is 12.5 Å². The molecule has 1 aromatic carbocycles. The number of hydrogen-bond acceptors (Lipinski definition) is 3. The maximum Gasteiger partial charge on any atom is 0.253 e. The molecular weight excluding hydrogens is 238 g/mol. The Morgan fingerprint density at radius 1 is 1.26 bits per heavy atom. The Kier molecular flexibility index (Phi) is 3.09. The zero-order valence-corrected chi connectivity index (χ0v) is 11.1. The predicted molar refractivity (Wildman–Crippen MR) is 76.5 cm³/mol. The smallest absolute Gasteiger partial charge is 0.253 e. The molecule has 19 heavy (non-hydrogen) atoms. The second-order valence-electron chi connectivity index (χ2n) is 5.99. The summed E-state index contributed by atoms with van der Waals surface area (Å²) in [6, 6.07) is 5.04. The Morgan fingerprint density at radius 2 is 2.11 bits per heavy atom. The molecule has 2 fully saturated rings. The molecule has 3 unspecified atom stereocenters. The van der Waals surface area contributed by atoms with Gasteiger partial charge in [0.2, 0.25) is 0 Å². The average molecular weight is 259 g/mol. The number of carbonyl (C=O) groups is 1. The number of anilines is 2. The molecule has 0 aliphatic heterocycles. The average Bonchev–Trinajstić information content (AvgIpc) is 2.98. The van der Waals surface area contributed by atoms with Crippen LogP contribution in [0.5, 0.6) is 0 Å². The summed E-state index contributed by atoms with van der Waals surface area (Å²) < 4.78 is 0. The maximum absolute atomic E-state index is 12.1. The van der Waals surface area contributed by atoms with Crippen LogP contribution in [0.4, 0.5) is 11.4 Å². The molecule has 4 nitrogen and oxygen atoms in total. The normalized spacial score (nSPS) is 28.5. The van der Waals surface area contributed by atoms with Gasteiger partial charge in [-0.05, 0) is 55.2 Å². The van der Waals surface area contributed by atoms with Crippen molar-refractivity contribution < 1.29 is 4.79 Å². The molecule has 0 radical (unpaired) electrons. The van der Waals surface area contributed by atoms with Crippen LogP contribution in [0.25, 0.3) is 0 Å². The van der Waals surface area contributed by atoms with E-state index in [1.54, 1.807) is 18.2 Å². The van der Waals surface area contributed by atoms with Gasteiger partial charge in [0.05, 0.1) is 5.56 Å². The minimum absolute atomic E-state index is 0.0831. The number of rotatable bonds is 3. The fraction of sp³-hybridized carbons (Fsp3) is 0.533. The van der Waals surface area contributed by atoms with E-state index in [0.717, 1.165) is 18.4 Å². The SMILES string of the molecule is Nc1ccc(C(=O)NCC2CC3CCC2C3)c(N)c1. The lowest BCUT2D eigenvalue weighted by Gasteiger charge is -2.22. The van der Waals surface area contributed by atoms with Gasteiger partial charge >= 0.3 is 0 Å². The van der Waals surface area contributed by atoms with Gasteiger partial charge in [-0.15, -0.1) is 0 Å². The molecule has 0 spiro atoms. The molecule has 2 aliphatic rings. The topological polar surface area (TPSA) is 81.1 Å². The summed E-state index contributed by atoms with van der Waals surface area (Å²) >= 11 is 0. The van der Waals surface area contributed by atoms with Crippen LogP contribution in [0.1, 0.15) is 36.0 Å². The van der Waals surface area contributed by atoms with Gasteiger partial charge < -0.3 is 16.8 Å². The third kappa shape index (κ3) is 2.39. The second-order valence-corrected chi connectivity index (χ2v) is 5.99. The molecule has 102 valence electrons. The van der Waals surface area contributed by atoms with Crippen LogP contribution in [-0.2, 0) is 0 Å². The van der Waals surface area contributed by atoms with Crippen LogP contribution in [0.15, 0.2) is 18.2 Å². The summed E-state index contributed by atoms with van der Waals surface area (Å²) in [6.07, 6.45) is 5.38. The first-order valence-electron chi connectivity index (χ1n) is 7.06. The van der Waals surface area contributed by atoms with Crippen molar-refractivity contribution in [1.29, 1.82) is 0 Å². The Bertz CT molecular complexity index is 500. The highest BCUT2D eigenvalue weighted by atomic mass is 16.1. The zero-order chi connectivity index (χ0) is 13.4. The molecule has 1 amide bonds. The van der Waals surface area contributed by atoms with E-state index < -0.39 is 0 Å². The summed E-state index contributed by atoms with van der Waals surface area (Å²) in [5.74, 6) is 2.32. The molecule has 4 heteroatoms. The number of amides is 1. The van der Waals surface area contributed by atoms with Gasteiger partial charge in [-0.3, -0.25) is 4.79 Å². The van der Waals surface area contributed by atoms with Crippen LogP contribution >= 0.6 is 0 Å². The molecule has 2 aliphatic carbocycles. The number of nitrogens with one attached hydrogen (secondary N) is 1. The van der Waals surface area contributed by atoms with Gasteiger partial charge in [-0.2, -0.15) is 0 Å².